The van der Waals surface area contributed by atoms with Crippen molar-refractivity contribution in [2.24, 2.45) is 0 Å². The van der Waals surface area contributed by atoms with E-state index in [1.807, 2.05) is 30.3 Å². The summed E-state index contributed by atoms with van der Waals surface area (Å²) < 4.78 is 10.5. The summed E-state index contributed by atoms with van der Waals surface area (Å²) in [5, 5.41) is 9.75. The lowest BCUT2D eigenvalue weighted by atomic mass is 10.1. The summed E-state index contributed by atoms with van der Waals surface area (Å²) >= 11 is 0. The van der Waals surface area contributed by atoms with Gasteiger partial charge in [-0.3, -0.25) is 9.89 Å². The second-order valence-electron chi connectivity index (χ2n) is 5.05. The Bertz CT molecular complexity index is 858. The zero-order valence-corrected chi connectivity index (χ0v) is 13.4. The number of aromatic nitrogens is 2. The zero-order valence-electron chi connectivity index (χ0n) is 13.4. The van der Waals surface area contributed by atoms with Crippen LogP contribution < -0.4 is 14.8 Å². The molecule has 0 unspecified atom stereocenters. The maximum atomic E-state index is 12.3. The van der Waals surface area contributed by atoms with Gasteiger partial charge < -0.3 is 14.8 Å². The molecule has 6 heteroatoms. The number of para-hydroxylation sites is 1. The first-order valence-corrected chi connectivity index (χ1v) is 7.35. The number of benzene rings is 2. The summed E-state index contributed by atoms with van der Waals surface area (Å²) in [6.45, 7) is 0. The molecule has 0 aliphatic heterocycles. The van der Waals surface area contributed by atoms with Crippen LogP contribution in [-0.2, 0) is 0 Å². The molecule has 0 atom stereocenters. The molecule has 3 aromatic rings. The van der Waals surface area contributed by atoms with Crippen molar-refractivity contribution in [1.29, 1.82) is 0 Å². The molecule has 0 saturated carbocycles. The van der Waals surface area contributed by atoms with Crippen molar-refractivity contribution in [3.8, 4) is 22.8 Å². The molecule has 2 aromatic carbocycles. The standard InChI is InChI=1S/C18H17N3O3/c1-23-13-7-5-6-12(10-13)19-18(22)16-11-15(20-21-16)14-8-3-4-9-17(14)24-2/h3-11H,1-2H3,(H,19,22)(H,20,21). The Labute approximate surface area is 139 Å². The van der Waals surface area contributed by atoms with Gasteiger partial charge in [0.05, 0.1) is 19.9 Å². The molecule has 0 aliphatic rings. The van der Waals surface area contributed by atoms with Gasteiger partial charge >= 0.3 is 0 Å². The molecule has 0 saturated heterocycles. The van der Waals surface area contributed by atoms with Gasteiger partial charge in [0.25, 0.3) is 5.91 Å². The van der Waals surface area contributed by atoms with E-state index in [4.69, 9.17) is 9.47 Å². The SMILES string of the molecule is COc1cccc(NC(=O)c2cc(-c3ccccc3OC)[nH]n2)c1. The first-order chi connectivity index (χ1) is 11.7. The molecule has 6 nitrogen and oxygen atoms in total. The van der Waals surface area contributed by atoms with Crippen molar-refractivity contribution in [3.05, 3.63) is 60.3 Å². The Morgan fingerprint density at radius 1 is 1.04 bits per heavy atom. The van der Waals surface area contributed by atoms with Crippen LogP contribution >= 0.6 is 0 Å². The Hall–Kier alpha value is -3.28. The Balaban J connectivity index is 1.81. The van der Waals surface area contributed by atoms with Crippen LogP contribution in [-0.4, -0.2) is 30.3 Å². The Kier molecular flexibility index (Phi) is 4.47. The number of amides is 1. The fourth-order valence-corrected chi connectivity index (χ4v) is 2.34. The van der Waals surface area contributed by atoms with Crippen LogP contribution in [0.3, 0.4) is 0 Å². The predicted molar refractivity (Wildman–Crippen MR) is 91.5 cm³/mol. The van der Waals surface area contributed by atoms with E-state index in [0.717, 1.165) is 5.56 Å². The maximum absolute atomic E-state index is 12.3. The van der Waals surface area contributed by atoms with E-state index in [-0.39, 0.29) is 5.91 Å². The van der Waals surface area contributed by atoms with Crippen molar-refractivity contribution in [2.75, 3.05) is 19.5 Å². The molecule has 1 heterocycles. The van der Waals surface area contributed by atoms with Crippen LogP contribution in [0.25, 0.3) is 11.3 Å². The van der Waals surface area contributed by atoms with Crippen LogP contribution in [0.15, 0.2) is 54.6 Å². The lowest BCUT2D eigenvalue weighted by molar-refractivity contribution is 0.102. The lowest BCUT2D eigenvalue weighted by Gasteiger charge is -2.05. The number of methoxy groups -OCH3 is 2. The molecule has 0 aliphatic carbocycles. The number of hydrogen-bond donors (Lipinski definition) is 2. The number of hydrogen-bond acceptors (Lipinski definition) is 4. The van der Waals surface area contributed by atoms with Gasteiger partial charge in [-0.25, -0.2) is 0 Å². The average molecular weight is 323 g/mol. The highest BCUT2D eigenvalue weighted by Crippen LogP contribution is 2.28. The molecule has 0 fully saturated rings. The lowest BCUT2D eigenvalue weighted by Crippen LogP contribution is -2.12. The molecule has 1 aromatic heterocycles. The molecule has 0 bridgehead atoms. The fraction of sp³-hybridized carbons (Fsp3) is 0.111. The summed E-state index contributed by atoms with van der Waals surface area (Å²) in [6.07, 6.45) is 0. The Morgan fingerprint density at radius 2 is 1.88 bits per heavy atom. The van der Waals surface area contributed by atoms with E-state index in [2.05, 4.69) is 15.5 Å². The number of carbonyl (C=O) groups excluding carboxylic acids is 1. The number of nitrogens with one attached hydrogen (secondary N) is 2. The van der Waals surface area contributed by atoms with E-state index in [1.165, 1.54) is 0 Å². The molecular formula is C18H17N3O3. The van der Waals surface area contributed by atoms with Crippen LogP contribution in [0, 0.1) is 0 Å². The van der Waals surface area contributed by atoms with Gasteiger partial charge in [-0.1, -0.05) is 18.2 Å². The van der Waals surface area contributed by atoms with Crippen LogP contribution in [0.1, 0.15) is 10.5 Å². The maximum Gasteiger partial charge on any atom is 0.276 e. The van der Waals surface area contributed by atoms with E-state index in [0.29, 0.717) is 28.6 Å². The zero-order chi connectivity index (χ0) is 16.9. The number of aromatic amines is 1. The number of ether oxygens (including phenoxy) is 2. The van der Waals surface area contributed by atoms with E-state index in [9.17, 15) is 4.79 Å². The minimum atomic E-state index is -0.305. The molecular weight excluding hydrogens is 306 g/mol. The minimum Gasteiger partial charge on any atom is -0.497 e. The van der Waals surface area contributed by atoms with E-state index < -0.39 is 0 Å². The van der Waals surface area contributed by atoms with Crippen LogP contribution in [0.2, 0.25) is 0 Å². The summed E-state index contributed by atoms with van der Waals surface area (Å²) in [5.41, 5.74) is 2.48. The molecule has 122 valence electrons. The first kappa shape index (κ1) is 15.6. The van der Waals surface area contributed by atoms with Crippen molar-refractivity contribution in [2.45, 2.75) is 0 Å². The first-order valence-electron chi connectivity index (χ1n) is 7.35. The summed E-state index contributed by atoms with van der Waals surface area (Å²) in [5.74, 6) is 1.08. The molecule has 0 radical (unpaired) electrons. The number of rotatable bonds is 5. The van der Waals surface area contributed by atoms with Gasteiger partial charge in [0, 0.05) is 17.3 Å². The van der Waals surface area contributed by atoms with Crippen molar-refractivity contribution in [1.82, 2.24) is 10.2 Å². The van der Waals surface area contributed by atoms with Crippen LogP contribution in [0.4, 0.5) is 5.69 Å². The van der Waals surface area contributed by atoms with Gasteiger partial charge in [-0.05, 0) is 30.3 Å². The highest BCUT2D eigenvalue weighted by atomic mass is 16.5. The van der Waals surface area contributed by atoms with Crippen molar-refractivity contribution in [3.63, 3.8) is 0 Å². The van der Waals surface area contributed by atoms with Crippen molar-refractivity contribution >= 4 is 11.6 Å². The number of nitrogens with zero attached hydrogens (tertiary/aromatic N) is 1. The summed E-state index contributed by atoms with van der Waals surface area (Å²) in [7, 11) is 3.18. The monoisotopic (exact) mass is 323 g/mol. The van der Waals surface area contributed by atoms with Crippen molar-refractivity contribution < 1.29 is 14.3 Å². The molecule has 2 N–H and O–H groups in total. The molecule has 24 heavy (non-hydrogen) atoms. The molecule has 1 amide bonds. The van der Waals surface area contributed by atoms with Gasteiger partial charge in [-0.15, -0.1) is 0 Å². The third-order valence-corrected chi connectivity index (χ3v) is 3.54. The van der Waals surface area contributed by atoms with Gasteiger partial charge in [0.2, 0.25) is 0 Å². The minimum absolute atomic E-state index is 0.290. The number of H-pyrrole nitrogens is 1. The largest absolute Gasteiger partial charge is 0.497 e. The summed E-state index contributed by atoms with van der Waals surface area (Å²) in [6, 6.07) is 16.4. The number of carbonyl (C=O) groups is 1. The third kappa shape index (κ3) is 3.22. The normalized spacial score (nSPS) is 10.2. The van der Waals surface area contributed by atoms with E-state index >= 15 is 0 Å². The average Bonchev–Trinajstić information content (AvgIpc) is 3.12. The van der Waals surface area contributed by atoms with E-state index in [1.54, 1.807) is 38.5 Å². The van der Waals surface area contributed by atoms with Gasteiger partial charge in [0.15, 0.2) is 5.69 Å². The molecule has 0 spiro atoms. The second-order valence-corrected chi connectivity index (χ2v) is 5.05. The fourth-order valence-electron chi connectivity index (χ4n) is 2.34. The highest BCUT2D eigenvalue weighted by molar-refractivity contribution is 6.03. The second kappa shape index (κ2) is 6.87. The van der Waals surface area contributed by atoms with Crippen LogP contribution in [0.5, 0.6) is 11.5 Å². The quantitative estimate of drug-likeness (QED) is 0.755. The number of anilines is 1. The van der Waals surface area contributed by atoms with Gasteiger partial charge in [0.1, 0.15) is 11.5 Å². The van der Waals surface area contributed by atoms with Gasteiger partial charge in [-0.2, -0.15) is 5.10 Å². The summed E-state index contributed by atoms with van der Waals surface area (Å²) in [4.78, 5) is 12.3. The predicted octanol–water partition coefficient (Wildman–Crippen LogP) is 3.35. The third-order valence-electron chi connectivity index (χ3n) is 3.54. The highest BCUT2D eigenvalue weighted by Gasteiger charge is 2.14. The smallest absolute Gasteiger partial charge is 0.276 e. The molecule has 3 rings (SSSR count). The topological polar surface area (TPSA) is 76.2 Å². The Morgan fingerprint density at radius 3 is 2.67 bits per heavy atom.